The Hall–Kier alpha value is -0.540. The van der Waals surface area contributed by atoms with Gasteiger partial charge in [-0.15, -0.1) is 0 Å². The van der Waals surface area contributed by atoms with Crippen LogP contribution in [0.1, 0.15) is 23.2 Å². The van der Waals surface area contributed by atoms with Crippen molar-refractivity contribution in [2.75, 3.05) is 5.33 Å². The first-order valence-electron chi connectivity index (χ1n) is 4.76. The molecule has 0 aliphatic heterocycles. The predicted octanol–water partition coefficient (Wildman–Crippen LogP) is 3.46. The number of Topliss-reactive ketones (excluding diaryl/α,β-unsaturated/α-hetero) is 1. The molecule has 80 valence electrons. The second-order valence-corrected chi connectivity index (χ2v) is 4.49. The molecule has 0 spiro atoms. The molecule has 0 aromatic heterocycles. The highest BCUT2D eigenvalue weighted by Gasteiger charge is 2.24. The van der Waals surface area contributed by atoms with Crippen molar-refractivity contribution in [2.45, 2.75) is 18.9 Å². The van der Waals surface area contributed by atoms with Crippen LogP contribution < -0.4 is 4.74 Å². The van der Waals surface area contributed by atoms with E-state index in [0.29, 0.717) is 27.8 Å². The molecule has 0 N–H and O–H groups in total. The van der Waals surface area contributed by atoms with Gasteiger partial charge in [0.2, 0.25) is 0 Å². The van der Waals surface area contributed by atoms with Crippen molar-refractivity contribution in [1.82, 2.24) is 0 Å². The van der Waals surface area contributed by atoms with Gasteiger partial charge in [0.25, 0.3) is 0 Å². The number of alkyl halides is 1. The van der Waals surface area contributed by atoms with Crippen molar-refractivity contribution in [3.05, 3.63) is 28.8 Å². The van der Waals surface area contributed by atoms with Gasteiger partial charge in [-0.25, -0.2) is 0 Å². The van der Waals surface area contributed by atoms with E-state index >= 15 is 0 Å². The van der Waals surface area contributed by atoms with Crippen molar-refractivity contribution < 1.29 is 9.53 Å². The van der Waals surface area contributed by atoms with Crippen LogP contribution in [0.15, 0.2) is 18.2 Å². The minimum absolute atomic E-state index is 0.0230. The lowest BCUT2D eigenvalue weighted by atomic mass is 10.1. The Morgan fingerprint density at radius 2 is 2.27 bits per heavy atom. The average Bonchev–Trinajstić information content (AvgIpc) is 3.04. The first-order chi connectivity index (χ1) is 7.20. The fourth-order valence-electron chi connectivity index (χ4n) is 1.21. The zero-order chi connectivity index (χ0) is 10.8. The monoisotopic (exact) mass is 288 g/mol. The van der Waals surface area contributed by atoms with Crippen LogP contribution in [0.4, 0.5) is 0 Å². The molecule has 0 heterocycles. The molecule has 0 atom stereocenters. The molecule has 0 unspecified atom stereocenters. The van der Waals surface area contributed by atoms with Crippen LogP contribution in [0.25, 0.3) is 0 Å². The summed E-state index contributed by atoms with van der Waals surface area (Å²) in [6.07, 6.45) is 2.51. The van der Waals surface area contributed by atoms with Crippen LogP contribution in [0.2, 0.25) is 5.02 Å². The number of ether oxygens (including phenoxy) is 1. The third-order valence-corrected chi connectivity index (χ3v) is 3.00. The fraction of sp³-hybridized carbons (Fsp3) is 0.364. The van der Waals surface area contributed by atoms with Gasteiger partial charge >= 0.3 is 0 Å². The molecular weight excluding hydrogens is 279 g/mol. The topological polar surface area (TPSA) is 26.3 Å². The van der Waals surface area contributed by atoms with Gasteiger partial charge in [-0.3, -0.25) is 4.79 Å². The molecule has 1 fully saturated rings. The van der Waals surface area contributed by atoms with Crippen LogP contribution in [0.3, 0.4) is 0 Å². The third-order valence-electron chi connectivity index (χ3n) is 2.19. The van der Waals surface area contributed by atoms with E-state index < -0.39 is 0 Å². The maximum absolute atomic E-state index is 11.4. The highest BCUT2D eigenvalue weighted by atomic mass is 79.9. The number of carbonyl (C=O) groups excluding carboxylic acids is 1. The largest absolute Gasteiger partial charge is 0.489 e. The second kappa shape index (κ2) is 4.54. The first kappa shape index (κ1) is 11.0. The minimum atomic E-state index is 0.0230. The van der Waals surface area contributed by atoms with E-state index in [-0.39, 0.29) is 5.78 Å². The van der Waals surface area contributed by atoms with E-state index in [1.165, 1.54) is 0 Å². The van der Waals surface area contributed by atoms with Crippen molar-refractivity contribution in [3.8, 4) is 5.75 Å². The number of carbonyl (C=O) groups is 1. The van der Waals surface area contributed by atoms with Crippen LogP contribution in [0.5, 0.6) is 5.75 Å². The average molecular weight is 290 g/mol. The molecular formula is C11H10BrClO2. The van der Waals surface area contributed by atoms with Crippen molar-refractivity contribution in [2.24, 2.45) is 0 Å². The lowest BCUT2D eigenvalue weighted by Gasteiger charge is -2.07. The summed E-state index contributed by atoms with van der Waals surface area (Å²) in [5.41, 5.74) is 0.611. The number of halogens is 2. The molecule has 1 aliphatic carbocycles. The Labute approximate surface area is 102 Å². The van der Waals surface area contributed by atoms with Crippen LogP contribution in [-0.4, -0.2) is 17.2 Å². The van der Waals surface area contributed by atoms with Crippen molar-refractivity contribution in [3.63, 3.8) is 0 Å². The molecule has 0 bridgehead atoms. The summed E-state index contributed by atoms with van der Waals surface area (Å²) >= 11 is 9.13. The molecule has 0 radical (unpaired) electrons. The van der Waals surface area contributed by atoms with E-state index in [1.54, 1.807) is 18.2 Å². The zero-order valence-corrected chi connectivity index (χ0v) is 10.3. The van der Waals surface area contributed by atoms with E-state index in [0.717, 1.165) is 12.8 Å². The molecule has 2 nitrogen and oxygen atoms in total. The lowest BCUT2D eigenvalue weighted by Crippen LogP contribution is -2.01. The van der Waals surface area contributed by atoms with E-state index in [1.807, 2.05) is 0 Å². The maximum Gasteiger partial charge on any atom is 0.173 e. The molecule has 1 aromatic carbocycles. The van der Waals surface area contributed by atoms with Gasteiger partial charge in [0.1, 0.15) is 5.75 Å². The molecule has 4 heteroatoms. The molecule has 1 aliphatic rings. The quantitative estimate of drug-likeness (QED) is 0.627. The standard InChI is InChI=1S/C11H10BrClO2/c12-6-10(14)7-1-4-11(9(13)5-7)15-8-2-3-8/h1,4-5,8H,2-3,6H2. The van der Waals surface area contributed by atoms with Crippen molar-refractivity contribution in [1.29, 1.82) is 0 Å². The molecule has 0 saturated heterocycles. The van der Waals surface area contributed by atoms with E-state index in [4.69, 9.17) is 16.3 Å². The summed E-state index contributed by atoms with van der Waals surface area (Å²) in [6, 6.07) is 5.16. The molecule has 0 amide bonds. The van der Waals surface area contributed by atoms with Crippen LogP contribution in [0, 0.1) is 0 Å². The maximum atomic E-state index is 11.4. The van der Waals surface area contributed by atoms with Gasteiger partial charge in [0.05, 0.1) is 16.5 Å². The van der Waals surface area contributed by atoms with E-state index in [9.17, 15) is 4.79 Å². The number of hydrogen-bond acceptors (Lipinski definition) is 2. The first-order valence-corrected chi connectivity index (χ1v) is 6.26. The molecule has 2 rings (SSSR count). The fourth-order valence-corrected chi connectivity index (χ4v) is 1.76. The molecule has 15 heavy (non-hydrogen) atoms. The van der Waals surface area contributed by atoms with Gasteiger partial charge in [-0.2, -0.15) is 0 Å². The summed E-state index contributed by atoms with van der Waals surface area (Å²) in [4.78, 5) is 11.4. The number of benzene rings is 1. The lowest BCUT2D eigenvalue weighted by molar-refractivity contribution is 0.102. The third kappa shape index (κ3) is 2.73. The van der Waals surface area contributed by atoms with Gasteiger partial charge in [0, 0.05) is 5.56 Å². The Kier molecular flexibility index (Phi) is 3.32. The zero-order valence-electron chi connectivity index (χ0n) is 8.00. The van der Waals surface area contributed by atoms with Crippen LogP contribution in [-0.2, 0) is 0 Å². The number of ketones is 1. The summed E-state index contributed by atoms with van der Waals surface area (Å²) < 4.78 is 5.57. The van der Waals surface area contributed by atoms with Gasteiger partial charge < -0.3 is 4.74 Å². The number of rotatable bonds is 4. The second-order valence-electron chi connectivity index (χ2n) is 3.52. The van der Waals surface area contributed by atoms with Gasteiger partial charge in [-0.05, 0) is 31.0 Å². The Morgan fingerprint density at radius 3 is 2.80 bits per heavy atom. The Balaban J connectivity index is 2.17. The smallest absolute Gasteiger partial charge is 0.173 e. The van der Waals surface area contributed by atoms with Gasteiger partial charge in [0.15, 0.2) is 5.78 Å². The Bertz CT molecular complexity index is 388. The Morgan fingerprint density at radius 1 is 1.53 bits per heavy atom. The summed E-state index contributed by atoms with van der Waals surface area (Å²) in [6.45, 7) is 0. The normalized spacial score (nSPS) is 15.1. The van der Waals surface area contributed by atoms with Crippen LogP contribution >= 0.6 is 27.5 Å². The van der Waals surface area contributed by atoms with Gasteiger partial charge in [-0.1, -0.05) is 27.5 Å². The summed E-state index contributed by atoms with van der Waals surface area (Å²) in [5, 5.41) is 0.820. The molecule has 1 saturated carbocycles. The predicted molar refractivity (Wildman–Crippen MR) is 63.2 cm³/mol. The highest BCUT2D eigenvalue weighted by Crippen LogP contribution is 2.32. The SMILES string of the molecule is O=C(CBr)c1ccc(OC2CC2)c(Cl)c1. The minimum Gasteiger partial charge on any atom is -0.489 e. The highest BCUT2D eigenvalue weighted by molar-refractivity contribution is 9.09. The number of hydrogen-bond donors (Lipinski definition) is 0. The van der Waals surface area contributed by atoms with E-state index in [2.05, 4.69) is 15.9 Å². The summed E-state index contributed by atoms with van der Waals surface area (Å²) in [5.74, 6) is 0.695. The molecule has 1 aromatic rings. The summed E-state index contributed by atoms with van der Waals surface area (Å²) in [7, 11) is 0. The van der Waals surface area contributed by atoms with Crippen molar-refractivity contribution >= 4 is 33.3 Å².